The molecular weight excluding hydrogens is 134 g/mol. The maximum absolute atomic E-state index is 2.19. The zero-order chi connectivity index (χ0) is 8.32. The van der Waals surface area contributed by atoms with Crippen molar-refractivity contribution in [2.24, 2.45) is 0 Å². The van der Waals surface area contributed by atoms with Crippen LogP contribution in [0.4, 0.5) is 0 Å². The molecule has 0 bridgehead atoms. The van der Waals surface area contributed by atoms with Crippen molar-refractivity contribution < 1.29 is 0 Å². The fourth-order valence-electron chi connectivity index (χ4n) is 0.910. The second kappa shape index (κ2) is 2.95. The summed E-state index contributed by atoms with van der Waals surface area (Å²) in [6, 6.07) is 0. The summed E-state index contributed by atoms with van der Waals surface area (Å²) in [5, 5.41) is 0. The normalized spacial score (nSPS) is 17.2. The van der Waals surface area contributed by atoms with Crippen molar-refractivity contribution in [2.45, 2.75) is 26.3 Å². The topological polar surface area (TPSA) is 3.24 Å². The Morgan fingerprint density at radius 2 is 1.27 bits per heavy atom. The molecule has 60 valence electrons. The van der Waals surface area contributed by atoms with Gasteiger partial charge in [-0.15, -0.1) is 0 Å². The highest BCUT2D eigenvalue weighted by atomic mass is 15.1. The Morgan fingerprint density at radius 3 is 1.64 bits per heavy atom. The van der Waals surface area contributed by atoms with Crippen LogP contribution in [0.5, 0.6) is 0 Å². The molecule has 0 radical (unpaired) electrons. The molecule has 0 saturated carbocycles. The lowest BCUT2D eigenvalue weighted by Gasteiger charge is -2.31. The van der Waals surface area contributed by atoms with E-state index in [-0.39, 0.29) is 5.54 Å². The number of hydrogen-bond acceptors (Lipinski definition) is 1. The molecule has 1 aliphatic heterocycles. The fourth-order valence-corrected chi connectivity index (χ4v) is 0.910. The van der Waals surface area contributed by atoms with E-state index in [1.807, 2.05) is 24.3 Å². The van der Waals surface area contributed by atoms with Crippen LogP contribution in [0.2, 0.25) is 0 Å². The standard InChI is InChI=1S/C10H15N/c1-10(2,3)11-8-6-4-5-7-9-11/h4-9H,1-3H3. The van der Waals surface area contributed by atoms with Gasteiger partial charge in [0.05, 0.1) is 0 Å². The lowest BCUT2D eigenvalue weighted by molar-refractivity contribution is 0.281. The van der Waals surface area contributed by atoms with E-state index in [0.29, 0.717) is 0 Å². The highest BCUT2D eigenvalue weighted by Crippen LogP contribution is 2.15. The first-order chi connectivity index (χ1) is 5.11. The minimum atomic E-state index is 0.180. The van der Waals surface area contributed by atoms with E-state index in [2.05, 4.69) is 38.1 Å². The summed E-state index contributed by atoms with van der Waals surface area (Å²) in [5.74, 6) is 0. The molecule has 0 aromatic heterocycles. The van der Waals surface area contributed by atoms with Gasteiger partial charge in [-0.1, -0.05) is 12.2 Å². The van der Waals surface area contributed by atoms with Gasteiger partial charge in [0.1, 0.15) is 0 Å². The van der Waals surface area contributed by atoms with Crippen LogP contribution in [-0.4, -0.2) is 10.4 Å². The van der Waals surface area contributed by atoms with Gasteiger partial charge in [0.15, 0.2) is 0 Å². The highest BCUT2D eigenvalue weighted by Gasteiger charge is 2.14. The van der Waals surface area contributed by atoms with Crippen LogP contribution in [0.15, 0.2) is 36.7 Å². The molecule has 1 heterocycles. The summed E-state index contributed by atoms with van der Waals surface area (Å²) in [6.45, 7) is 6.56. The maximum atomic E-state index is 2.19. The molecule has 0 spiro atoms. The van der Waals surface area contributed by atoms with Gasteiger partial charge in [-0.05, 0) is 32.9 Å². The van der Waals surface area contributed by atoms with E-state index in [1.165, 1.54) is 0 Å². The summed E-state index contributed by atoms with van der Waals surface area (Å²) >= 11 is 0. The van der Waals surface area contributed by atoms with Gasteiger partial charge in [0.25, 0.3) is 0 Å². The lowest BCUT2D eigenvalue weighted by atomic mass is 10.1. The molecule has 1 heteroatoms. The van der Waals surface area contributed by atoms with Gasteiger partial charge >= 0.3 is 0 Å². The molecule has 0 aromatic rings. The van der Waals surface area contributed by atoms with Gasteiger partial charge in [0.2, 0.25) is 0 Å². The van der Waals surface area contributed by atoms with E-state index in [4.69, 9.17) is 0 Å². The Kier molecular flexibility index (Phi) is 2.18. The number of hydrogen-bond donors (Lipinski definition) is 0. The third-order valence-electron chi connectivity index (χ3n) is 1.60. The van der Waals surface area contributed by atoms with E-state index in [1.54, 1.807) is 0 Å². The SMILES string of the molecule is CC(C)(C)N1C=CC=CC=C1. The molecule has 0 saturated heterocycles. The quantitative estimate of drug-likeness (QED) is 0.512. The van der Waals surface area contributed by atoms with Gasteiger partial charge in [-0.25, -0.2) is 0 Å². The largest absolute Gasteiger partial charge is 0.349 e. The smallest absolute Gasteiger partial charge is 0.0355 e. The maximum Gasteiger partial charge on any atom is 0.0355 e. The molecule has 1 nitrogen and oxygen atoms in total. The van der Waals surface area contributed by atoms with Crippen LogP contribution < -0.4 is 0 Å². The molecule has 0 unspecified atom stereocenters. The Balaban J connectivity index is 2.75. The van der Waals surface area contributed by atoms with Gasteiger partial charge < -0.3 is 4.90 Å². The molecule has 0 amide bonds. The predicted octanol–water partition coefficient (Wildman–Crippen LogP) is 2.68. The van der Waals surface area contributed by atoms with E-state index in [0.717, 1.165) is 0 Å². The summed E-state index contributed by atoms with van der Waals surface area (Å²) in [6.07, 6.45) is 12.3. The lowest BCUT2D eigenvalue weighted by Crippen LogP contribution is -2.32. The van der Waals surface area contributed by atoms with Gasteiger partial charge in [0, 0.05) is 17.9 Å². The van der Waals surface area contributed by atoms with Crippen molar-refractivity contribution in [2.75, 3.05) is 0 Å². The monoisotopic (exact) mass is 149 g/mol. The molecule has 1 rings (SSSR count). The van der Waals surface area contributed by atoms with Crippen molar-refractivity contribution >= 4 is 0 Å². The Hall–Kier alpha value is -0.980. The molecular formula is C10H15N. The van der Waals surface area contributed by atoms with Crippen molar-refractivity contribution in [1.82, 2.24) is 4.90 Å². The Morgan fingerprint density at radius 1 is 0.818 bits per heavy atom. The molecule has 0 fully saturated rings. The summed E-state index contributed by atoms with van der Waals surface area (Å²) in [4.78, 5) is 2.19. The first-order valence-corrected chi connectivity index (χ1v) is 3.91. The van der Waals surface area contributed by atoms with Crippen molar-refractivity contribution in [3.05, 3.63) is 36.7 Å². The summed E-state index contributed by atoms with van der Waals surface area (Å²) in [5.41, 5.74) is 0.180. The van der Waals surface area contributed by atoms with E-state index in [9.17, 15) is 0 Å². The van der Waals surface area contributed by atoms with Crippen molar-refractivity contribution in [3.63, 3.8) is 0 Å². The van der Waals surface area contributed by atoms with Gasteiger partial charge in [-0.3, -0.25) is 0 Å². The number of rotatable bonds is 0. The zero-order valence-electron chi connectivity index (χ0n) is 7.41. The minimum absolute atomic E-state index is 0.180. The van der Waals surface area contributed by atoms with Crippen LogP contribution in [-0.2, 0) is 0 Å². The third kappa shape index (κ3) is 2.26. The predicted molar refractivity (Wildman–Crippen MR) is 49.0 cm³/mol. The number of nitrogens with zero attached hydrogens (tertiary/aromatic N) is 1. The van der Waals surface area contributed by atoms with Crippen LogP contribution in [0, 0.1) is 0 Å². The fraction of sp³-hybridized carbons (Fsp3) is 0.400. The first-order valence-electron chi connectivity index (χ1n) is 3.91. The second-order valence-corrected chi connectivity index (χ2v) is 3.65. The Labute approximate surface area is 68.7 Å². The molecule has 11 heavy (non-hydrogen) atoms. The minimum Gasteiger partial charge on any atom is -0.349 e. The van der Waals surface area contributed by atoms with E-state index >= 15 is 0 Å². The highest BCUT2D eigenvalue weighted by molar-refractivity contribution is 5.16. The molecule has 1 aliphatic rings. The molecule has 0 N–H and O–H groups in total. The summed E-state index contributed by atoms with van der Waals surface area (Å²) in [7, 11) is 0. The van der Waals surface area contributed by atoms with Gasteiger partial charge in [-0.2, -0.15) is 0 Å². The van der Waals surface area contributed by atoms with E-state index < -0.39 is 0 Å². The molecule has 0 aliphatic carbocycles. The summed E-state index contributed by atoms with van der Waals surface area (Å²) < 4.78 is 0. The Bertz CT molecular complexity index is 187. The van der Waals surface area contributed by atoms with Crippen LogP contribution >= 0.6 is 0 Å². The number of allylic oxidation sites excluding steroid dienone is 4. The van der Waals surface area contributed by atoms with Crippen molar-refractivity contribution in [1.29, 1.82) is 0 Å². The molecule has 0 atom stereocenters. The molecule has 0 aromatic carbocycles. The van der Waals surface area contributed by atoms with Crippen LogP contribution in [0.3, 0.4) is 0 Å². The second-order valence-electron chi connectivity index (χ2n) is 3.65. The zero-order valence-corrected chi connectivity index (χ0v) is 7.41. The average molecular weight is 149 g/mol. The third-order valence-corrected chi connectivity index (χ3v) is 1.60. The average Bonchev–Trinajstić information content (AvgIpc) is 2.10. The van der Waals surface area contributed by atoms with Crippen molar-refractivity contribution in [3.8, 4) is 0 Å². The van der Waals surface area contributed by atoms with Crippen LogP contribution in [0.1, 0.15) is 20.8 Å². The first kappa shape index (κ1) is 8.12. The van der Waals surface area contributed by atoms with Crippen LogP contribution in [0.25, 0.3) is 0 Å².